The lowest BCUT2D eigenvalue weighted by Crippen LogP contribution is -2.18. The second kappa shape index (κ2) is 10.6. The van der Waals surface area contributed by atoms with E-state index in [1.807, 2.05) is 18.2 Å². The van der Waals surface area contributed by atoms with Gasteiger partial charge in [0.15, 0.2) is 0 Å². The summed E-state index contributed by atoms with van der Waals surface area (Å²) in [5, 5.41) is 5.49. The van der Waals surface area contributed by atoms with Crippen LogP contribution in [-0.4, -0.2) is 12.1 Å². The Hall–Kier alpha value is -3.25. The molecule has 0 radical (unpaired) electrons. The average Bonchev–Trinajstić information content (AvgIpc) is 3.29. The van der Waals surface area contributed by atoms with Crippen molar-refractivity contribution in [3.8, 4) is 17.1 Å². The second-order valence-electron chi connectivity index (χ2n) is 6.91. The quantitative estimate of drug-likeness (QED) is 0.215. The van der Waals surface area contributed by atoms with Gasteiger partial charge in [-0.25, -0.2) is 5.43 Å². The molecule has 1 amide bonds. The lowest BCUT2D eigenvalue weighted by molar-refractivity contribution is 0.0950. The third-order valence-corrected chi connectivity index (χ3v) is 5.77. The Kier molecular flexibility index (Phi) is 7.35. The fourth-order valence-electron chi connectivity index (χ4n) is 2.99. The summed E-state index contributed by atoms with van der Waals surface area (Å²) in [6, 6.07) is 23.0. The number of para-hydroxylation sites is 1. The largest absolute Gasteiger partial charge is 0.488 e. The molecule has 0 atom stereocenters. The van der Waals surface area contributed by atoms with Crippen molar-refractivity contribution in [1.82, 2.24) is 5.43 Å². The molecule has 4 aromatic rings. The zero-order valence-electron chi connectivity index (χ0n) is 17.1. The summed E-state index contributed by atoms with van der Waals surface area (Å²) in [5.41, 5.74) is 4.43. The summed E-state index contributed by atoms with van der Waals surface area (Å²) >= 11 is 18.2. The number of hydrazone groups is 1. The van der Waals surface area contributed by atoms with Gasteiger partial charge in [-0.05, 0) is 48.5 Å². The van der Waals surface area contributed by atoms with Crippen LogP contribution in [-0.2, 0) is 6.61 Å². The predicted octanol–water partition coefficient (Wildman–Crippen LogP) is 7.25. The lowest BCUT2D eigenvalue weighted by Gasteiger charge is -2.11. The molecular formula is C25H17Cl3N2O3. The third kappa shape index (κ3) is 5.76. The summed E-state index contributed by atoms with van der Waals surface area (Å²) < 4.78 is 11.6. The Balaban J connectivity index is 1.40. The molecule has 0 unspecified atom stereocenters. The van der Waals surface area contributed by atoms with Crippen molar-refractivity contribution in [3.63, 3.8) is 0 Å². The number of rotatable bonds is 7. The van der Waals surface area contributed by atoms with Gasteiger partial charge in [-0.15, -0.1) is 0 Å². The third-order valence-electron chi connectivity index (χ3n) is 4.66. The number of furan rings is 1. The van der Waals surface area contributed by atoms with Crippen molar-refractivity contribution in [2.24, 2.45) is 5.10 Å². The highest BCUT2D eigenvalue weighted by atomic mass is 35.5. The minimum atomic E-state index is -0.419. The lowest BCUT2D eigenvalue weighted by atomic mass is 10.2. The van der Waals surface area contributed by atoms with Gasteiger partial charge in [-0.2, -0.15) is 5.10 Å². The molecule has 0 saturated carbocycles. The maximum absolute atomic E-state index is 12.6. The molecule has 166 valence electrons. The molecular weight excluding hydrogens is 483 g/mol. The first-order chi connectivity index (χ1) is 16.0. The fraction of sp³-hybridized carbons (Fsp3) is 0.0400. The molecule has 4 rings (SSSR count). The molecule has 0 aliphatic carbocycles. The van der Waals surface area contributed by atoms with Crippen LogP contribution in [0.2, 0.25) is 15.1 Å². The van der Waals surface area contributed by atoms with Gasteiger partial charge in [0, 0.05) is 16.1 Å². The predicted molar refractivity (Wildman–Crippen MR) is 131 cm³/mol. The first kappa shape index (κ1) is 22.9. The summed E-state index contributed by atoms with van der Waals surface area (Å²) in [5.74, 6) is 1.06. The van der Waals surface area contributed by atoms with Crippen LogP contribution in [0.15, 0.2) is 88.4 Å². The van der Waals surface area contributed by atoms with Gasteiger partial charge >= 0.3 is 0 Å². The van der Waals surface area contributed by atoms with Crippen molar-refractivity contribution < 1.29 is 13.9 Å². The Morgan fingerprint density at radius 1 is 0.909 bits per heavy atom. The highest BCUT2D eigenvalue weighted by Gasteiger charge is 2.12. The van der Waals surface area contributed by atoms with Crippen molar-refractivity contribution in [1.29, 1.82) is 0 Å². The van der Waals surface area contributed by atoms with Gasteiger partial charge in [-0.3, -0.25) is 4.79 Å². The monoisotopic (exact) mass is 498 g/mol. The molecule has 0 aliphatic heterocycles. The van der Waals surface area contributed by atoms with Gasteiger partial charge < -0.3 is 9.15 Å². The van der Waals surface area contributed by atoms with Gasteiger partial charge in [0.2, 0.25) is 0 Å². The van der Waals surface area contributed by atoms with E-state index in [0.717, 1.165) is 11.1 Å². The van der Waals surface area contributed by atoms with E-state index in [9.17, 15) is 4.79 Å². The number of ether oxygens (including phenoxy) is 1. The first-order valence-corrected chi connectivity index (χ1v) is 11.0. The maximum atomic E-state index is 12.6. The highest BCUT2D eigenvalue weighted by Crippen LogP contribution is 2.29. The maximum Gasteiger partial charge on any atom is 0.275 e. The number of benzene rings is 3. The van der Waals surface area contributed by atoms with Crippen LogP contribution in [0.25, 0.3) is 11.3 Å². The molecule has 33 heavy (non-hydrogen) atoms. The summed E-state index contributed by atoms with van der Waals surface area (Å²) in [6.07, 6.45) is 1.41. The van der Waals surface area contributed by atoms with E-state index < -0.39 is 5.91 Å². The number of hydrogen-bond acceptors (Lipinski definition) is 4. The van der Waals surface area contributed by atoms with Gasteiger partial charge in [0.1, 0.15) is 23.9 Å². The second-order valence-corrected chi connectivity index (χ2v) is 8.13. The van der Waals surface area contributed by atoms with Crippen molar-refractivity contribution in [3.05, 3.63) is 111 Å². The van der Waals surface area contributed by atoms with E-state index in [4.69, 9.17) is 44.0 Å². The van der Waals surface area contributed by atoms with Crippen LogP contribution in [0.1, 0.15) is 21.7 Å². The number of amides is 1. The van der Waals surface area contributed by atoms with E-state index in [2.05, 4.69) is 10.5 Å². The summed E-state index contributed by atoms with van der Waals surface area (Å²) in [7, 11) is 0. The molecule has 1 N–H and O–H groups in total. The Labute approximate surface area is 205 Å². The molecule has 8 heteroatoms. The van der Waals surface area contributed by atoms with Crippen molar-refractivity contribution in [2.75, 3.05) is 0 Å². The molecule has 1 aromatic heterocycles. The summed E-state index contributed by atoms with van der Waals surface area (Å²) in [6.45, 7) is 0.233. The van der Waals surface area contributed by atoms with E-state index in [1.165, 1.54) is 6.21 Å². The number of nitrogens with zero attached hydrogens (tertiary/aromatic N) is 1. The Morgan fingerprint density at radius 2 is 1.70 bits per heavy atom. The number of halogens is 3. The smallest absolute Gasteiger partial charge is 0.275 e. The standard InChI is InChI=1S/C25H17Cl3N2O3/c26-20-7-3-1-5-17(20)15-32-24-8-4-2-6-19(24)25(31)30-29-14-18-10-12-23(33-18)16-9-11-21(27)22(28)13-16/h1-14H,15H2,(H,30,31)/b29-14+. The molecule has 0 fully saturated rings. The molecule has 0 saturated heterocycles. The van der Waals surface area contributed by atoms with Gasteiger partial charge in [0.05, 0.1) is 21.8 Å². The van der Waals surface area contributed by atoms with Gasteiger partial charge in [-0.1, -0.05) is 65.1 Å². The van der Waals surface area contributed by atoms with Gasteiger partial charge in [0.25, 0.3) is 5.91 Å². The Morgan fingerprint density at radius 3 is 2.52 bits per heavy atom. The molecule has 0 bridgehead atoms. The van der Waals surface area contributed by atoms with Crippen LogP contribution in [0, 0.1) is 0 Å². The molecule has 3 aromatic carbocycles. The molecule has 5 nitrogen and oxygen atoms in total. The van der Waals surface area contributed by atoms with E-state index >= 15 is 0 Å². The normalized spacial score (nSPS) is 11.0. The Bertz CT molecular complexity index is 1320. The highest BCUT2D eigenvalue weighted by molar-refractivity contribution is 6.42. The van der Waals surface area contributed by atoms with Crippen LogP contribution in [0.4, 0.5) is 0 Å². The van der Waals surface area contributed by atoms with Crippen LogP contribution in [0.3, 0.4) is 0 Å². The minimum absolute atomic E-state index is 0.233. The zero-order chi connectivity index (χ0) is 23.2. The van der Waals surface area contributed by atoms with Crippen LogP contribution >= 0.6 is 34.8 Å². The first-order valence-electron chi connectivity index (χ1n) is 9.85. The number of carbonyl (C=O) groups excluding carboxylic acids is 1. The molecule has 1 heterocycles. The minimum Gasteiger partial charge on any atom is -0.488 e. The SMILES string of the molecule is O=C(N/N=C/c1ccc(-c2ccc(Cl)c(Cl)c2)o1)c1ccccc1OCc1ccccc1Cl. The zero-order valence-corrected chi connectivity index (χ0v) is 19.4. The number of carbonyl (C=O) groups is 1. The van der Waals surface area contributed by atoms with E-state index in [1.54, 1.807) is 60.7 Å². The molecule has 0 aliphatic rings. The van der Waals surface area contributed by atoms with E-state index in [0.29, 0.717) is 37.9 Å². The van der Waals surface area contributed by atoms with Crippen molar-refractivity contribution >= 4 is 46.9 Å². The molecule has 0 spiro atoms. The van der Waals surface area contributed by atoms with Crippen molar-refractivity contribution in [2.45, 2.75) is 6.61 Å². The van der Waals surface area contributed by atoms with Crippen LogP contribution < -0.4 is 10.2 Å². The number of hydrogen-bond donors (Lipinski definition) is 1. The van der Waals surface area contributed by atoms with Crippen LogP contribution in [0.5, 0.6) is 5.75 Å². The fourth-order valence-corrected chi connectivity index (χ4v) is 3.48. The van der Waals surface area contributed by atoms with E-state index in [-0.39, 0.29) is 6.61 Å². The topological polar surface area (TPSA) is 63.8 Å². The average molecular weight is 500 g/mol. The summed E-state index contributed by atoms with van der Waals surface area (Å²) in [4.78, 5) is 12.6. The number of nitrogens with one attached hydrogen (secondary N) is 1.